The summed E-state index contributed by atoms with van der Waals surface area (Å²) in [7, 11) is -2.09. The highest BCUT2D eigenvalue weighted by Gasteiger charge is 2.49. The van der Waals surface area contributed by atoms with E-state index in [-0.39, 0.29) is 22.3 Å². The second kappa shape index (κ2) is 17.0. The first-order valence-electron chi connectivity index (χ1n) is 14.5. The van der Waals surface area contributed by atoms with Crippen LogP contribution in [-0.2, 0) is 19.3 Å². The molecule has 0 aliphatic rings. The maximum Gasteiger partial charge on any atom is 0.144 e. The van der Waals surface area contributed by atoms with Crippen LogP contribution in [0.2, 0.25) is 0 Å². The summed E-state index contributed by atoms with van der Waals surface area (Å²) in [5.41, 5.74) is 4.90. The Labute approximate surface area is 248 Å². The molecule has 0 fully saturated rings. The summed E-state index contributed by atoms with van der Waals surface area (Å²) in [5, 5.41) is 5.93. The molecular formula is C36H47ClP2. The third kappa shape index (κ3) is 7.41. The summed E-state index contributed by atoms with van der Waals surface area (Å²) < 4.78 is 0. The summed E-state index contributed by atoms with van der Waals surface area (Å²) in [6.07, 6.45) is 11.0. The van der Waals surface area contributed by atoms with E-state index < -0.39 is 7.26 Å². The lowest BCUT2D eigenvalue weighted by molar-refractivity contribution is -0.00000763. The van der Waals surface area contributed by atoms with Crippen molar-refractivity contribution in [3.05, 3.63) is 120 Å². The van der Waals surface area contributed by atoms with Crippen LogP contribution in [0.25, 0.3) is 0 Å². The van der Waals surface area contributed by atoms with Gasteiger partial charge in [-0.25, -0.2) is 0 Å². The smallest absolute Gasteiger partial charge is 0.144 e. The molecule has 0 aromatic heterocycles. The highest BCUT2D eigenvalue weighted by molar-refractivity contribution is 8.01. The van der Waals surface area contributed by atoms with Crippen LogP contribution < -0.4 is 33.6 Å². The van der Waals surface area contributed by atoms with Crippen molar-refractivity contribution < 1.29 is 12.4 Å². The van der Waals surface area contributed by atoms with Gasteiger partial charge in [0.15, 0.2) is 0 Å². The first-order chi connectivity index (χ1) is 18.3. The fourth-order valence-corrected chi connectivity index (χ4v) is 10.3. The average molecular weight is 577 g/mol. The molecule has 0 amide bonds. The van der Waals surface area contributed by atoms with Gasteiger partial charge in [-0.2, -0.15) is 9.90 Å². The molecule has 208 valence electrons. The summed E-state index contributed by atoms with van der Waals surface area (Å²) in [4.78, 5) is 0. The first-order valence-corrected chi connectivity index (χ1v) is 16.3. The third-order valence-electron chi connectivity index (χ3n) is 7.66. The normalized spacial score (nSPS) is 10.9. The fourth-order valence-electron chi connectivity index (χ4n) is 5.76. The van der Waals surface area contributed by atoms with Crippen LogP contribution in [0.3, 0.4) is 0 Å². The van der Waals surface area contributed by atoms with E-state index in [4.69, 9.17) is 0 Å². The lowest BCUT2D eigenvalue weighted by Crippen LogP contribution is -3.00. The summed E-state index contributed by atoms with van der Waals surface area (Å²) in [5.74, 6) is 0. The van der Waals surface area contributed by atoms with Crippen molar-refractivity contribution in [2.45, 2.75) is 78.6 Å². The molecule has 4 rings (SSSR count). The molecule has 0 heterocycles. The van der Waals surface area contributed by atoms with Crippen molar-refractivity contribution in [2.24, 2.45) is 0 Å². The zero-order valence-electron chi connectivity index (χ0n) is 24.2. The Hall–Kier alpha value is -1.97. The minimum atomic E-state index is -2.09. The lowest BCUT2D eigenvalue weighted by atomic mass is 9.91. The predicted octanol–water partition coefficient (Wildman–Crippen LogP) is 5.40. The topological polar surface area (TPSA) is 0 Å². The Morgan fingerprint density at radius 3 is 1.26 bits per heavy atom. The van der Waals surface area contributed by atoms with E-state index in [9.17, 15) is 0 Å². The molecule has 0 aliphatic carbocycles. The van der Waals surface area contributed by atoms with Gasteiger partial charge >= 0.3 is 0 Å². The van der Waals surface area contributed by atoms with Crippen LogP contribution in [0.1, 0.15) is 76.0 Å². The Bertz CT molecular complexity index is 1130. The highest BCUT2D eigenvalue weighted by atomic mass is 35.5. The number of rotatable bonds is 13. The standard InChI is InChI=1S/C36H44P.ClH.H3P/c1-4-7-19-30-28-29-36(35(27-9-6-3)34(30)26-8-5-2)37(31-20-13-10-14-21-31,32-22-15-11-16-23-32)33-24-17-12-18-25-33;;/h10-18,20-25,28-29H,4-9,19,26-27H2,1-3H3;1H;1H3/q+1;;/p-1. The van der Waals surface area contributed by atoms with Gasteiger partial charge in [-0.3, -0.25) is 0 Å². The van der Waals surface area contributed by atoms with Gasteiger partial charge in [0.25, 0.3) is 0 Å². The number of hydrogen-bond donors (Lipinski definition) is 0. The van der Waals surface area contributed by atoms with Gasteiger partial charge in [0, 0.05) is 0 Å². The van der Waals surface area contributed by atoms with Crippen molar-refractivity contribution in [3.63, 3.8) is 0 Å². The molecule has 0 bridgehead atoms. The Kier molecular flexibility index (Phi) is 14.5. The van der Waals surface area contributed by atoms with Gasteiger partial charge in [0.05, 0.1) is 0 Å². The molecule has 0 radical (unpaired) electrons. The molecule has 0 N–H and O–H groups in total. The van der Waals surface area contributed by atoms with Crippen LogP contribution in [0.5, 0.6) is 0 Å². The zero-order chi connectivity index (χ0) is 25.9. The van der Waals surface area contributed by atoms with Crippen LogP contribution in [0.15, 0.2) is 103 Å². The second-order valence-electron chi connectivity index (χ2n) is 10.2. The monoisotopic (exact) mass is 576 g/mol. The Morgan fingerprint density at radius 1 is 0.462 bits per heavy atom. The number of halogens is 1. The van der Waals surface area contributed by atoms with Crippen molar-refractivity contribution in [1.82, 2.24) is 0 Å². The number of aryl methyl sites for hydroxylation is 1. The van der Waals surface area contributed by atoms with Gasteiger partial charge in [0.2, 0.25) is 0 Å². The summed E-state index contributed by atoms with van der Waals surface area (Å²) in [6, 6.07) is 39.2. The lowest BCUT2D eigenvalue weighted by Gasteiger charge is -2.31. The van der Waals surface area contributed by atoms with E-state index in [2.05, 4.69) is 124 Å². The maximum absolute atomic E-state index is 2.55. The molecule has 3 heteroatoms. The van der Waals surface area contributed by atoms with E-state index in [0.717, 1.165) is 0 Å². The van der Waals surface area contributed by atoms with Crippen molar-refractivity contribution in [2.75, 3.05) is 0 Å². The van der Waals surface area contributed by atoms with Gasteiger partial charge in [0.1, 0.15) is 28.5 Å². The molecule has 1 atom stereocenters. The largest absolute Gasteiger partial charge is 1.00 e. The SMILES string of the molecule is CCCCc1ccc([P+](c2ccccc2)(c2ccccc2)c2ccccc2)c(CCCC)c1CCCC.P.[Cl-]. The van der Waals surface area contributed by atoms with E-state index in [1.807, 2.05) is 0 Å². The first kappa shape index (κ1) is 33.2. The second-order valence-corrected chi connectivity index (χ2v) is 13.6. The molecule has 0 saturated heterocycles. The Morgan fingerprint density at radius 2 is 0.846 bits per heavy atom. The molecule has 4 aromatic rings. The predicted molar refractivity (Wildman–Crippen MR) is 178 cm³/mol. The molecule has 0 spiro atoms. The van der Waals surface area contributed by atoms with Crippen LogP contribution >= 0.6 is 17.2 Å². The van der Waals surface area contributed by atoms with Crippen molar-refractivity contribution in [1.29, 1.82) is 0 Å². The minimum Gasteiger partial charge on any atom is -1.00 e. The van der Waals surface area contributed by atoms with E-state index in [1.165, 1.54) is 73.7 Å². The van der Waals surface area contributed by atoms with E-state index >= 15 is 0 Å². The molecule has 39 heavy (non-hydrogen) atoms. The summed E-state index contributed by atoms with van der Waals surface area (Å²) in [6.45, 7) is 6.98. The third-order valence-corrected chi connectivity index (χ3v) is 12.0. The quantitative estimate of drug-likeness (QED) is 0.187. The average Bonchev–Trinajstić information content (AvgIpc) is 2.96. The van der Waals surface area contributed by atoms with Crippen molar-refractivity contribution in [3.8, 4) is 0 Å². The number of unbranched alkanes of at least 4 members (excludes halogenated alkanes) is 3. The van der Waals surface area contributed by atoms with E-state index in [1.54, 1.807) is 22.0 Å². The van der Waals surface area contributed by atoms with Gasteiger partial charge in [-0.15, -0.1) is 0 Å². The maximum atomic E-state index is 2.55. The zero-order valence-corrected chi connectivity index (χ0v) is 27.3. The number of benzene rings is 4. The molecule has 0 nitrogen and oxygen atoms in total. The highest BCUT2D eigenvalue weighted by Crippen LogP contribution is 2.55. The van der Waals surface area contributed by atoms with Crippen LogP contribution in [0, 0.1) is 0 Å². The minimum absolute atomic E-state index is 0. The molecular weight excluding hydrogens is 530 g/mol. The number of hydrogen-bond acceptors (Lipinski definition) is 0. The van der Waals surface area contributed by atoms with Gasteiger partial charge < -0.3 is 12.4 Å². The van der Waals surface area contributed by atoms with E-state index in [0.29, 0.717) is 0 Å². The fraction of sp³-hybridized carbons (Fsp3) is 0.333. The molecule has 0 aliphatic heterocycles. The van der Waals surface area contributed by atoms with Gasteiger partial charge in [-0.1, -0.05) is 101 Å². The van der Waals surface area contributed by atoms with Crippen LogP contribution in [-0.4, -0.2) is 0 Å². The Balaban J connectivity index is 0.00000267. The van der Waals surface area contributed by atoms with Crippen LogP contribution in [0.4, 0.5) is 0 Å². The molecule has 0 saturated carbocycles. The van der Waals surface area contributed by atoms with Crippen molar-refractivity contribution >= 4 is 38.4 Å². The molecule has 1 unspecified atom stereocenters. The summed E-state index contributed by atoms with van der Waals surface area (Å²) >= 11 is 0. The molecule has 4 aromatic carbocycles. The van der Waals surface area contributed by atoms with Gasteiger partial charge in [-0.05, 0) is 97.7 Å².